The van der Waals surface area contributed by atoms with E-state index in [2.05, 4.69) is 51.2 Å². The van der Waals surface area contributed by atoms with E-state index in [0.717, 1.165) is 11.8 Å². The Morgan fingerprint density at radius 3 is 2.20 bits per heavy atom. The Bertz CT molecular complexity index is 396. The predicted molar refractivity (Wildman–Crippen MR) is 88.2 cm³/mol. The van der Waals surface area contributed by atoms with Crippen molar-refractivity contribution < 1.29 is 0 Å². The molecule has 1 unspecified atom stereocenters. The lowest BCUT2D eigenvalue weighted by atomic mass is 9.85. The first kappa shape index (κ1) is 15.6. The molecular weight excluding hydrogens is 242 g/mol. The Balaban J connectivity index is 2.05. The summed E-state index contributed by atoms with van der Waals surface area (Å²) >= 11 is 0. The van der Waals surface area contributed by atoms with Gasteiger partial charge in [0.15, 0.2) is 0 Å². The number of hydrogen-bond donors (Lipinski definition) is 1. The first-order valence-corrected chi connectivity index (χ1v) is 8.35. The highest BCUT2D eigenvalue weighted by molar-refractivity contribution is 5.29. The maximum absolute atomic E-state index is 3.67. The van der Waals surface area contributed by atoms with Crippen molar-refractivity contribution in [3.8, 4) is 0 Å². The summed E-state index contributed by atoms with van der Waals surface area (Å²) in [6.07, 6.45) is 7.00. The summed E-state index contributed by atoms with van der Waals surface area (Å²) in [5, 5.41) is 3.67. The van der Waals surface area contributed by atoms with Gasteiger partial charge in [0.05, 0.1) is 0 Å². The van der Waals surface area contributed by atoms with Crippen LogP contribution in [0, 0.1) is 25.7 Å². The third-order valence-corrected chi connectivity index (χ3v) is 4.63. The lowest BCUT2D eigenvalue weighted by Gasteiger charge is -2.25. The van der Waals surface area contributed by atoms with Gasteiger partial charge in [-0.05, 0) is 44.2 Å². The molecule has 1 nitrogen and oxygen atoms in total. The highest BCUT2D eigenvalue weighted by Gasteiger charge is 2.25. The molecule has 112 valence electrons. The van der Waals surface area contributed by atoms with Crippen LogP contribution in [-0.4, -0.2) is 12.6 Å². The molecule has 1 aliphatic rings. The van der Waals surface area contributed by atoms with E-state index in [0.29, 0.717) is 6.04 Å². The van der Waals surface area contributed by atoms with Crippen molar-refractivity contribution in [3.63, 3.8) is 0 Å². The number of benzene rings is 1. The Hall–Kier alpha value is -0.820. The van der Waals surface area contributed by atoms with E-state index >= 15 is 0 Å². The smallest absolute Gasteiger partial charge is 0.00104 e. The second-order valence-electron chi connectivity index (χ2n) is 7.07. The van der Waals surface area contributed by atoms with Crippen LogP contribution in [0.1, 0.15) is 56.2 Å². The molecule has 1 atom stereocenters. The van der Waals surface area contributed by atoms with Crippen LogP contribution in [0.5, 0.6) is 0 Å². The van der Waals surface area contributed by atoms with Crippen LogP contribution in [-0.2, 0) is 6.42 Å². The molecule has 0 aromatic heterocycles. The Kier molecular flexibility index (Phi) is 5.65. The van der Waals surface area contributed by atoms with E-state index in [1.165, 1.54) is 55.3 Å². The van der Waals surface area contributed by atoms with Gasteiger partial charge in [-0.3, -0.25) is 0 Å². The van der Waals surface area contributed by atoms with Crippen LogP contribution in [0.15, 0.2) is 18.2 Å². The molecule has 1 aliphatic carbocycles. The minimum absolute atomic E-state index is 0.596. The average Bonchev–Trinajstić information content (AvgIpc) is 2.86. The fraction of sp³-hybridized carbons (Fsp3) is 0.684. The molecule has 0 radical (unpaired) electrons. The quantitative estimate of drug-likeness (QED) is 0.795. The van der Waals surface area contributed by atoms with Gasteiger partial charge in [-0.25, -0.2) is 0 Å². The summed E-state index contributed by atoms with van der Waals surface area (Å²) in [6.45, 7) is 10.1. The van der Waals surface area contributed by atoms with Crippen molar-refractivity contribution in [1.82, 2.24) is 5.32 Å². The summed E-state index contributed by atoms with van der Waals surface area (Å²) in [5.74, 6) is 1.74. The summed E-state index contributed by atoms with van der Waals surface area (Å²) in [7, 11) is 0. The molecule has 20 heavy (non-hydrogen) atoms. The predicted octanol–water partition coefficient (Wildman–Crippen LogP) is 4.65. The summed E-state index contributed by atoms with van der Waals surface area (Å²) < 4.78 is 0. The van der Waals surface area contributed by atoms with Gasteiger partial charge in [0.25, 0.3) is 0 Å². The number of rotatable bonds is 6. The second-order valence-corrected chi connectivity index (χ2v) is 7.07. The molecule has 0 heterocycles. The highest BCUT2D eigenvalue weighted by Crippen LogP contribution is 2.33. The zero-order chi connectivity index (χ0) is 14.5. The lowest BCUT2D eigenvalue weighted by Crippen LogP contribution is -2.33. The number of hydrogen-bond acceptors (Lipinski definition) is 1. The second kappa shape index (κ2) is 7.26. The van der Waals surface area contributed by atoms with Crippen molar-refractivity contribution in [2.45, 2.75) is 65.8 Å². The van der Waals surface area contributed by atoms with E-state index in [4.69, 9.17) is 0 Å². The zero-order valence-corrected chi connectivity index (χ0v) is 13.7. The molecule has 0 bridgehead atoms. The average molecular weight is 273 g/mol. The third kappa shape index (κ3) is 4.63. The van der Waals surface area contributed by atoms with Crippen molar-refractivity contribution in [2.24, 2.45) is 11.8 Å². The fourth-order valence-corrected chi connectivity index (χ4v) is 3.71. The van der Waals surface area contributed by atoms with Crippen LogP contribution in [0.25, 0.3) is 0 Å². The molecule has 2 rings (SSSR count). The minimum atomic E-state index is 0.596. The summed E-state index contributed by atoms with van der Waals surface area (Å²) in [6, 6.07) is 7.63. The first-order chi connectivity index (χ1) is 9.54. The maximum Gasteiger partial charge on any atom is 0.00104 e. The van der Waals surface area contributed by atoms with Crippen LogP contribution in [0.2, 0.25) is 0 Å². The van der Waals surface area contributed by atoms with Gasteiger partial charge >= 0.3 is 0 Å². The van der Waals surface area contributed by atoms with Crippen LogP contribution in [0.4, 0.5) is 0 Å². The largest absolute Gasteiger partial charge is 0.314 e. The Labute approximate surface area is 125 Å². The Morgan fingerprint density at radius 2 is 1.65 bits per heavy atom. The maximum atomic E-state index is 3.67. The summed E-state index contributed by atoms with van der Waals surface area (Å²) in [4.78, 5) is 0. The van der Waals surface area contributed by atoms with Crippen LogP contribution in [0.3, 0.4) is 0 Å². The lowest BCUT2D eigenvalue weighted by molar-refractivity contribution is 0.313. The van der Waals surface area contributed by atoms with Crippen molar-refractivity contribution in [1.29, 1.82) is 0 Å². The van der Waals surface area contributed by atoms with Gasteiger partial charge in [0.1, 0.15) is 0 Å². The van der Waals surface area contributed by atoms with Crippen LogP contribution < -0.4 is 5.32 Å². The van der Waals surface area contributed by atoms with E-state index < -0.39 is 0 Å². The first-order valence-electron chi connectivity index (χ1n) is 8.35. The number of aryl methyl sites for hydroxylation is 2. The molecule has 1 aromatic carbocycles. The fourth-order valence-electron chi connectivity index (χ4n) is 3.71. The van der Waals surface area contributed by atoms with Gasteiger partial charge in [-0.2, -0.15) is 0 Å². The van der Waals surface area contributed by atoms with Crippen molar-refractivity contribution >= 4 is 0 Å². The Morgan fingerprint density at radius 1 is 1.05 bits per heavy atom. The molecule has 0 aliphatic heterocycles. The van der Waals surface area contributed by atoms with Crippen molar-refractivity contribution in [3.05, 3.63) is 34.9 Å². The molecule has 1 N–H and O–H groups in total. The molecule has 1 saturated carbocycles. The van der Waals surface area contributed by atoms with E-state index in [1.54, 1.807) is 0 Å². The molecular formula is C19H31N. The molecule has 1 heteroatoms. The minimum Gasteiger partial charge on any atom is -0.314 e. The molecule has 0 saturated heterocycles. The zero-order valence-electron chi connectivity index (χ0n) is 13.7. The molecule has 1 aromatic rings. The molecule has 0 amide bonds. The third-order valence-electron chi connectivity index (χ3n) is 4.63. The SMILES string of the molecule is Cc1cc(C)cc(CC(CNC(C)C)C2CCCC2)c1. The van der Waals surface area contributed by atoms with Gasteiger partial charge in [-0.1, -0.05) is 68.9 Å². The monoisotopic (exact) mass is 273 g/mol. The van der Waals surface area contributed by atoms with Gasteiger partial charge < -0.3 is 5.32 Å². The van der Waals surface area contributed by atoms with E-state index in [9.17, 15) is 0 Å². The highest BCUT2D eigenvalue weighted by atomic mass is 14.9. The number of nitrogens with one attached hydrogen (secondary N) is 1. The van der Waals surface area contributed by atoms with Crippen molar-refractivity contribution in [2.75, 3.05) is 6.54 Å². The van der Waals surface area contributed by atoms with Gasteiger partial charge in [-0.15, -0.1) is 0 Å². The van der Waals surface area contributed by atoms with Gasteiger partial charge in [0.2, 0.25) is 0 Å². The van der Waals surface area contributed by atoms with Crippen LogP contribution >= 0.6 is 0 Å². The molecule has 1 fully saturated rings. The van der Waals surface area contributed by atoms with E-state index in [1.807, 2.05) is 0 Å². The van der Waals surface area contributed by atoms with Gasteiger partial charge in [0, 0.05) is 6.04 Å². The normalized spacial score (nSPS) is 17.9. The summed E-state index contributed by atoms with van der Waals surface area (Å²) in [5.41, 5.74) is 4.34. The molecule has 0 spiro atoms. The topological polar surface area (TPSA) is 12.0 Å². The van der Waals surface area contributed by atoms with E-state index in [-0.39, 0.29) is 0 Å². The standard InChI is InChI=1S/C19H31N/c1-14(2)20-13-19(18-7-5-6-8-18)12-17-10-15(3)9-16(4)11-17/h9-11,14,18-20H,5-8,12-13H2,1-4H3.